The number of hydrogen-bond donors (Lipinski definition) is 0. The lowest BCUT2D eigenvalue weighted by atomic mass is 10.2. The Bertz CT molecular complexity index is 471. The molecular weight excluding hydrogens is 225 g/mol. The number of rotatable bonds is 3. The summed E-state index contributed by atoms with van der Waals surface area (Å²) >= 11 is 0. The fourth-order valence-corrected chi connectivity index (χ4v) is 1.54. The molecule has 1 aromatic rings. The molecule has 0 fully saturated rings. The topological polar surface area (TPSA) is 47.9 Å². The van der Waals surface area contributed by atoms with E-state index in [-0.39, 0.29) is 18.2 Å². The van der Waals surface area contributed by atoms with Crippen LogP contribution >= 0.6 is 0 Å². The number of nitrogens with zero attached hydrogens (tertiary/aromatic N) is 1. The smallest absolute Gasteiger partial charge is 0.305 e. The van der Waals surface area contributed by atoms with Crippen molar-refractivity contribution in [2.45, 2.75) is 12.8 Å². The van der Waals surface area contributed by atoms with E-state index in [1.165, 1.54) is 19.2 Å². The first-order chi connectivity index (χ1) is 8.19. The molecule has 1 aromatic carbocycles. The predicted molar refractivity (Wildman–Crippen MR) is 60.2 cm³/mol. The van der Waals surface area contributed by atoms with E-state index in [0.29, 0.717) is 30.2 Å². The fourth-order valence-electron chi connectivity index (χ4n) is 1.54. The van der Waals surface area contributed by atoms with Crippen LogP contribution in [0.2, 0.25) is 0 Å². The van der Waals surface area contributed by atoms with Crippen molar-refractivity contribution in [3.8, 4) is 5.75 Å². The Balaban J connectivity index is 2.09. The number of hydrogen-bond acceptors (Lipinski definition) is 4. The van der Waals surface area contributed by atoms with Crippen molar-refractivity contribution >= 4 is 17.4 Å². The maximum absolute atomic E-state index is 13.0. The molecule has 0 aliphatic carbocycles. The van der Waals surface area contributed by atoms with Gasteiger partial charge in [0.2, 0.25) is 0 Å². The summed E-state index contributed by atoms with van der Waals surface area (Å²) in [4.78, 5) is 15.2. The molecule has 0 aromatic heterocycles. The predicted octanol–water partition coefficient (Wildman–Crippen LogP) is 2.24. The standard InChI is InChI=1S/C12H12FNO3/c1-16-12(15)5-3-9-7-17-11-4-2-8(13)6-10(11)14-9/h2,4,6H,3,5,7H2,1H3. The van der Waals surface area contributed by atoms with Crippen molar-refractivity contribution in [3.63, 3.8) is 0 Å². The summed E-state index contributed by atoms with van der Waals surface area (Å²) in [6, 6.07) is 4.19. The Morgan fingerprint density at radius 2 is 2.41 bits per heavy atom. The molecule has 0 bridgehead atoms. The number of fused-ring (bicyclic) bond motifs is 1. The summed E-state index contributed by atoms with van der Waals surface area (Å²) in [5, 5.41) is 0. The summed E-state index contributed by atoms with van der Waals surface area (Å²) < 4.78 is 22.9. The van der Waals surface area contributed by atoms with Crippen LogP contribution < -0.4 is 4.74 Å². The fraction of sp³-hybridized carbons (Fsp3) is 0.333. The molecule has 0 saturated carbocycles. The first-order valence-electron chi connectivity index (χ1n) is 5.24. The van der Waals surface area contributed by atoms with Crippen molar-refractivity contribution in [2.24, 2.45) is 4.99 Å². The van der Waals surface area contributed by atoms with Gasteiger partial charge in [0.05, 0.1) is 19.2 Å². The van der Waals surface area contributed by atoms with Crippen molar-refractivity contribution in [3.05, 3.63) is 24.0 Å². The normalized spacial score (nSPS) is 13.4. The van der Waals surface area contributed by atoms with Crippen molar-refractivity contribution in [2.75, 3.05) is 13.7 Å². The van der Waals surface area contributed by atoms with Gasteiger partial charge in [0, 0.05) is 6.07 Å². The lowest BCUT2D eigenvalue weighted by molar-refractivity contribution is -0.140. The molecule has 4 nitrogen and oxygen atoms in total. The number of halogens is 1. The Morgan fingerprint density at radius 1 is 1.59 bits per heavy atom. The largest absolute Gasteiger partial charge is 0.485 e. The van der Waals surface area contributed by atoms with Gasteiger partial charge in [-0.05, 0) is 18.6 Å². The van der Waals surface area contributed by atoms with Crippen LogP contribution in [-0.2, 0) is 9.53 Å². The molecule has 0 atom stereocenters. The molecule has 0 saturated heterocycles. The Morgan fingerprint density at radius 3 is 3.18 bits per heavy atom. The Hall–Kier alpha value is -1.91. The summed E-state index contributed by atoms with van der Waals surface area (Å²) in [7, 11) is 1.34. The molecule has 0 N–H and O–H groups in total. The second-order valence-electron chi connectivity index (χ2n) is 3.65. The molecule has 2 rings (SSSR count). The highest BCUT2D eigenvalue weighted by atomic mass is 19.1. The molecule has 0 unspecified atom stereocenters. The van der Waals surface area contributed by atoms with Crippen LogP contribution in [0.4, 0.5) is 10.1 Å². The van der Waals surface area contributed by atoms with Crippen LogP contribution in [0.1, 0.15) is 12.8 Å². The van der Waals surface area contributed by atoms with Crippen LogP contribution in [0.25, 0.3) is 0 Å². The van der Waals surface area contributed by atoms with Gasteiger partial charge in [-0.1, -0.05) is 0 Å². The highest BCUT2D eigenvalue weighted by Crippen LogP contribution is 2.31. The van der Waals surface area contributed by atoms with Crippen LogP contribution in [0.3, 0.4) is 0 Å². The van der Waals surface area contributed by atoms with E-state index in [0.717, 1.165) is 0 Å². The quantitative estimate of drug-likeness (QED) is 0.757. The van der Waals surface area contributed by atoms with Gasteiger partial charge in [0.15, 0.2) is 0 Å². The van der Waals surface area contributed by atoms with E-state index < -0.39 is 0 Å². The van der Waals surface area contributed by atoms with E-state index in [9.17, 15) is 9.18 Å². The first kappa shape index (κ1) is 11.6. The summed E-state index contributed by atoms with van der Waals surface area (Å²) in [5.74, 6) is -0.0868. The lowest BCUT2D eigenvalue weighted by Crippen LogP contribution is -2.16. The lowest BCUT2D eigenvalue weighted by Gasteiger charge is -2.16. The Kier molecular flexibility index (Phi) is 3.37. The van der Waals surface area contributed by atoms with Gasteiger partial charge in [-0.25, -0.2) is 4.39 Å². The number of aliphatic imine (C=N–C) groups is 1. The summed E-state index contributed by atoms with van der Waals surface area (Å²) in [6.07, 6.45) is 0.714. The van der Waals surface area contributed by atoms with E-state index in [4.69, 9.17) is 4.74 Å². The zero-order valence-electron chi connectivity index (χ0n) is 9.40. The van der Waals surface area contributed by atoms with Crippen LogP contribution in [0, 0.1) is 5.82 Å². The average Bonchev–Trinajstić information content (AvgIpc) is 2.35. The van der Waals surface area contributed by atoms with Crippen LogP contribution in [0.5, 0.6) is 5.75 Å². The minimum Gasteiger partial charge on any atom is -0.485 e. The monoisotopic (exact) mass is 237 g/mol. The first-order valence-corrected chi connectivity index (χ1v) is 5.24. The number of carbonyl (C=O) groups is 1. The third kappa shape index (κ3) is 2.81. The second kappa shape index (κ2) is 4.95. The molecule has 1 heterocycles. The van der Waals surface area contributed by atoms with Crippen molar-refractivity contribution < 1.29 is 18.7 Å². The van der Waals surface area contributed by atoms with Crippen molar-refractivity contribution in [1.29, 1.82) is 0 Å². The number of methoxy groups -OCH3 is 1. The SMILES string of the molecule is COC(=O)CCC1=Nc2cc(F)ccc2OC1. The van der Waals surface area contributed by atoms with Gasteiger partial charge in [-0.15, -0.1) is 0 Å². The van der Waals surface area contributed by atoms with E-state index in [1.807, 2.05) is 0 Å². The van der Waals surface area contributed by atoms with Gasteiger partial charge >= 0.3 is 5.97 Å². The molecule has 1 aliphatic rings. The molecule has 5 heteroatoms. The average molecular weight is 237 g/mol. The zero-order chi connectivity index (χ0) is 12.3. The molecule has 0 spiro atoms. The molecule has 0 radical (unpaired) electrons. The number of esters is 1. The second-order valence-corrected chi connectivity index (χ2v) is 3.65. The zero-order valence-corrected chi connectivity index (χ0v) is 9.40. The van der Waals surface area contributed by atoms with Gasteiger partial charge in [-0.2, -0.15) is 0 Å². The summed E-state index contributed by atoms with van der Waals surface area (Å²) in [5.41, 5.74) is 1.18. The molecule has 17 heavy (non-hydrogen) atoms. The van der Waals surface area contributed by atoms with Gasteiger partial charge < -0.3 is 9.47 Å². The van der Waals surface area contributed by atoms with Gasteiger partial charge in [-0.3, -0.25) is 9.79 Å². The Labute approximate surface area is 98.1 Å². The van der Waals surface area contributed by atoms with E-state index in [1.54, 1.807) is 6.07 Å². The minimum absolute atomic E-state index is 0.253. The van der Waals surface area contributed by atoms with Gasteiger partial charge in [0.25, 0.3) is 0 Å². The maximum atomic E-state index is 13.0. The highest BCUT2D eigenvalue weighted by Gasteiger charge is 2.14. The highest BCUT2D eigenvalue weighted by molar-refractivity contribution is 5.92. The van der Waals surface area contributed by atoms with Gasteiger partial charge in [0.1, 0.15) is 23.9 Å². The third-order valence-corrected chi connectivity index (χ3v) is 2.44. The molecular formula is C12H12FNO3. The summed E-state index contributed by atoms with van der Waals surface area (Å²) in [6.45, 7) is 0.329. The van der Waals surface area contributed by atoms with Crippen LogP contribution in [-0.4, -0.2) is 25.4 Å². The van der Waals surface area contributed by atoms with Crippen molar-refractivity contribution in [1.82, 2.24) is 0 Å². The molecule has 1 aliphatic heterocycles. The number of ether oxygens (including phenoxy) is 2. The van der Waals surface area contributed by atoms with Crippen LogP contribution in [0.15, 0.2) is 23.2 Å². The van der Waals surface area contributed by atoms with E-state index in [2.05, 4.69) is 9.73 Å². The molecule has 90 valence electrons. The maximum Gasteiger partial charge on any atom is 0.305 e. The third-order valence-electron chi connectivity index (χ3n) is 2.44. The number of carbonyl (C=O) groups excluding carboxylic acids is 1. The molecule has 0 amide bonds. The number of benzene rings is 1. The van der Waals surface area contributed by atoms with E-state index >= 15 is 0 Å². The minimum atomic E-state index is -0.356.